The fraction of sp³-hybridized carbons (Fsp3) is 0.133. The van der Waals surface area contributed by atoms with Crippen molar-refractivity contribution in [2.24, 2.45) is 0 Å². The summed E-state index contributed by atoms with van der Waals surface area (Å²) >= 11 is 17.7. The minimum absolute atomic E-state index is 0.312. The van der Waals surface area contributed by atoms with Gasteiger partial charge in [-0.15, -0.1) is 0 Å². The van der Waals surface area contributed by atoms with E-state index in [1.807, 2.05) is 0 Å². The number of amides is 1. The summed E-state index contributed by atoms with van der Waals surface area (Å²) in [5, 5.41) is 3.95. The van der Waals surface area contributed by atoms with Crippen LogP contribution in [0.2, 0.25) is 15.1 Å². The van der Waals surface area contributed by atoms with E-state index in [0.717, 1.165) is 0 Å². The van der Waals surface area contributed by atoms with Crippen LogP contribution in [0, 0.1) is 0 Å². The fourth-order valence-corrected chi connectivity index (χ4v) is 2.08. The molecule has 0 aromatic heterocycles. The van der Waals surface area contributed by atoms with Gasteiger partial charge in [0.1, 0.15) is 5.75 Å². The number of benzene rings is 2. The van der Waals surface area contributed by atoms with Crippen LogP contribution < -0.4 is 10.1 Å². The Morgan fingerprint density at radius 3 is 2.43 bits per heavy atom. The van der Waals surface area contributed by atoms with Crippen molar-refractivity contribution in [1.29, 1.82) is 0 Å². The molecule has 1 N–H and O–H groups in total. The molecule has 0 saturated heterocycles. The quantitative estimate of drug-likeness (QED) is 0.842. The Kier molecular flexibility index (Phi) is 5.34. The zero-order valence-electron chi connectivity index (χ0n) is 11.1. The van der Waals surface area contributed by atoms with Crippen LogP contribution in [-0.4, -0.2) is 12.0 Å². The molecule has 0 aliphatic rings. The van der Waals surface area contributed by atoms with Gasteiger partial charge in [0.25, 0.3) is 5.91 Å². The molecule has 1 amide bonds. The SMILES string of the molecule is C[C@@H](Oc1ccccc1Cl)C(=O)Nc1ccc(Cl)c(Cl)c1. The number of hydrogen-bond donors (Lipinski definition) is 1. The minimum Gasteiger partial charge on any atom is -0.479 e. The van der Waals surface area contributed by atoms with Crippen molar-refractivity contribution in [2.45, 2.75) is 13.0 Å². The molecule has 0 unspecified atom stereocenters. The van der Waals surface area contributed by atoms with Crippen LogP contribution in [0.4, 0.5) is 5.69 Å². The third kappa shape index (κ3) is 4.27. The Morgan fingerprint density at radius 2 is 1.76 bits per heavy atom. The van der Waals surface area contributed by atoms with Gasteiger partial charge in [-0.25, -0.2) is 0 Å². The monoisotopic (exact) mass is 343 g/mol. The lowest BCUT2D eigenvalue weighted by Gasteiger charge is -2.15. The van der Waals surface area contributed by atoms with E-state index in [-0.39, 0.29) is 5.91 Å². The van der Waals surface area contributed by atoms with Crippen molar-refractivity contribution < 1.29 is 9.53 Å². The zero-order chi connectivity index (χ0) is 15.4. The van der Waals surface area contributed by atoms with Gasteiger partial charge < -0.3 is 10.1 Å². The summed E-state index contributed by atoms with van der Waals surface area (Å²) in [6, 6.07) is 11.8. The van der Waals surface area contributed by atoms with E-state index >= 15 is 0 Å². The second-order valence-electron chi connectivity index (χ2n) is 4.31. The lowest BCUT2D eigenvalue weighted by Crippen LogP contribution is -2.30. The summed E-state index contributed by atoms with van der Waals surface area (Å²) in [5.41, 5.74) is 0.545. The molecule has 0 aliphatic carbocycles. The number of halogens is 3. The van der Waals surface area contributed by atoms with Gasteiger partial charge in [0.05, 0.1) is 15.1 Å². The highest BCUT2D eigenvalue weighted by Crippen LogP contribution is 2.26. The molecule has 0 radical (unpaired) electrons. The van der Waals surface area contributed by atoms with Gasteiger partial charge in [0.15, 0.2) is 6.10 Å². The topological polar surface area (TPSA) is 38.3 Å². The standard InChI is InChI=1S/C15H12Cl3NO2/c1-9(21-14-5-3-2-4-12(14)17)15(20)19-10-6-7-11(16)13(18)8-10/h2-9H,1H3,(H,19,20)/t9-/m1/s1. The highest BCUT2D eigenvalue weighted by molar-refractivity contribution is 6.42. The lowest BCUT2D eigenvalue weighted by atomic mass is 10.3. The van der Waals surface area contributed by atoms with E-state index in [0.29, 0.717) is 26.5 Å². The highest BCUT2D eigenvalue weighted by atomic mass is 35.5. The summed E-state index contributed by atoms with van der Waals surface area (Å²) in [5.74, 6) is 0.143. The Hall–Kier alpha value is -1.42. The number of nitrogens with one attached hydrogen (secondary N) is 1. The van der Waals surface area contributed by atoms with Crippen molar-refractivity contribution in [3.63, 3.8) is 0 Å². The van der Waals surface area contributed by atoms with E-state index < -0.39 is 6.10 Å². The number of ether oxygens (including phenoxy) is 1. The molecule has 3 nitrogen and oxygen atoms in total. The van der Waals surface area contributed by atoms with Crippen molar-refractivity contribution in [3.05, 3.63) is 57.5 Å². The summed E-state index contributed by atoms with van der Waals surface area (Å²) < 4.78 is 5.53. The molecule has 0 aliphatic heterocycles. The molecule has 2 rings (SSSR count). The van der Waals surface area contributed by atoms with Gasteiger partial charge in [0.2, 0.25) is 0 Å². The maximum absolute atomic E-state index is 12.1. The van der Waals surface area contributed by atoms with E-state index in [4.69, 9.17) is 39.5 Å². The fourth-order valence-electron chi connectivity index (χ4n) is 1.60. The molecular formula is C15H12Cl3NO2. The molecular weight excluding hydrogens is 333 g/mol. The Bertz CT molecular complexity index is 661. The van der Waals surface area contributed by atoms with Crippen LogP contribution >= 0.6 is 34.8 Å². The van der Waals surface area contributed by atoms with Gasteiger partial charge >= 0.3 is 0 Å². The molecule has 0 saturated carbocycles. The third-order valence-corrected chi connectivity index (χ3v) is 3.75. The summed E-state index contributed by atoms with van der Waals surface area (Å²) in [6.07, 6.45) is -0.709. The van der Waals surface area contributed by atoms with Crippen LogP contribution in [0.1, 0.15) is 6.92 Å². The number of carbonyl (C=O) groups is 1. The van der Waals surface area contributed by atoms with Gasteiger partial charge in [-0.2, -0.15) is 0 Å². The second kappa shape index (κ2) is 7.03. The maximum atomic E-state index is 12.1. The van der Waals surface area contributed by atoms with Crippen molar-refractivity contribution in [1.82, 2.24) is 0 Å². The first-order valence-corrected chi connectivity index (χ1v) is 7.28. The van der Waals surface area contributed by atoms with Gasteiger partial charge in [-0.3, -0.25) is 4.79 Å². The second-order valence-corrected chi connectivity index (χ2v) is 5.53. The molecule has 1 atom stereocenters. The lowest BCUT2D eigenvalue weighted by molar-refractivity contribution is -0.122. The molecule has 6 heteroatoms. The number of rotatable bonds is 4. The number of anilines is 1. The van der Waals surface area contributed by atoms with Crippen LogP contribution in [-0.2, 0) is 4.79 Å². The predicted molar refractivity (Wildman–Crippen MR) is 86.6 cm³/mol. The molecule has 0 spiro atoms. The molecule has 21 heavy (non-hydrogen) atoms. The third-order valence-electron chi connectivity index (χ3n) is 2.70. The smallest absolute Gasteiger partial charge is 0.265 e. The first-order chi connectivity index (χ1) is 9.97. The molecule has 0 bridgehead atoms. The van der Waals surface area contributed by atoms with Crippen LogP contribution in [0.25, 0.3) is 0 Å². The minimum atomic E-state index is -0.709. The molecule has 2 aromatic rings. The Labute approximate surface area is 137 Å². The van der Waals surface area contributed by atoms with E-state index in [2.05, 4.69) is 5.32 Å². The predicted octanol–water partition coefficient (Wildman–Crippen LogP) is 5.05. The van der Waals surface area contributed by atoms with Crippen LogP contribution in [0.15, 0.2) is 42.5 Å². The largest absolute Gasteiger partial charge is 0.479 e. The number of para-hydroxylation sites is 1. The van der Waals surface area contributed by atoms with Gasteiger partial charge in [-0.1, -0.05) is 46.9 Å². The van der Waals surface area contributed by atoms with Crippen molar-refractivity contribution >= 4 is 46.4 Å². The molecule has 110 valence electrons. The van der Waals surface area contributed by atoms with Crippen LogP contribution in [0.3, 0.4) is 0 Å². The van der Waals surface area contributed by atoms with Crippen molar-refractivity contribution in [3.8, 4) is 5.75 Å². The van der Waals surface area contributed by atoms with Gasteiger partial charge in [0, 0.05) is 5.69 Å². The average molecular weight is 345 g/mol. The molecule has 2 aromatic carbocycles. The first-order valence-electron chi connectivity index (χ1n) is 6.14. The first kappa shape index (κ1) is 16.0. The number of carbonyl (C=O) groups excluding carboxylic acids is 1. The number of hydrogen-bond acceptors (Lipinski definition) is 2. The van der Waals surface area contributed by atoms with Gasteiger partial charge in [-0.05, 0) is 37.3 Å². The molecule has 0 fully saturated rings. The van der Waals surface area contributed by atoms with E-state index in [1.165, 1.54) is 0 Å². The summed E-state index contributed by atoms with van der Waals surface area (Å²) in [4.78, 5) is 12.1. The molecule has 0 heterocycles. The highest BCUT2D eigenvalue weighted by Gasteiger charge is 2.16. The zero-order valence-corrected chi connectivity index (χ0v) is 13.3. The Morgan fingerprint density at radius 1 is 1.05 bits per heavy atom. The maximum Gasteiger partial charge on any atom is 0.265 e. The van der Waals surface area contributed by atoms with E-state index in [1.54, 1.807) is 49.4 Å². The van der Waals surface area contributed by atoms with Crippen LogP contribution in [0.5, 0.6) is 5.75 Å². The van der Waals surface area contributed by atoms with E-state index in [9.17, 15) is 4.79 Å². The van der Waals surface area contributed by atoms with Crippen molar-refractivity contribution in [2.75, 3.05) is 5.32 Å². The average Bonchev–Trinajstić information content (AvgIpc) is 2.45. The summed E-state index contributed by atoms with van der Waals surface area (Å²) in [7, 11) is 0. The normalized spacial score (nSPS) is 11.8. The summed E-state index contributed by atoms with van der Waals surface area (Å²) in [6.45, 7) is 1.64. The Balaban J connectivity index is 2.02.